The van der Waals surface area contributed by atoms with Crippen LogP contribution in [0.2, 0.25) is 0 Å². The second-order valence-corrected chi connectivity index (χ2v) is 8.32. The Morgan fingerprint density at radius 2 is 2.15 bits per heavy atom. The number of aryl methyl sites for hydroxylation is 2. The Balaban J connectivity index is 1.80. The molecule has 0 unspecified atom stereocenters. The van der Waals surface area contributed by atoms with Gasteiger partial charge in [0.15, 0.2) is 0 Å². The van der Waals surface area contributed by atoms with Crippen molar-refractivity contribution < 1.29 is 14.3 Å². The summed E-state index contributed by atoms with van der Waals surface area (Å²) in [6.07, 6.45) is 6.54. The summed E-state index contributed by atoms with van der Waals surface area (Å²) >= 11 is 4.89. The lowest BCUT2D eigenvalue weighted by atomic mass is 9.95. The predicted octanol–water partition coefficient (Wildman–Crippen LogP) is 4.10. The molecule has 8 heteroatoms. The fourth-order valence-corrected chi connectivity index (χ4v) is 4.63. The van der Waals surface area contributed by atoms with Crippen molar-refractivity contribution in [3.63, 3.8) is 0 Å². The number of fused-ring (bicyclic) bond motifs is 1. The number of rotatable bonds is 6. The average Bonchev–Trinajstić information content (AvgIpc) is 3.11. The van der Waals surface area contributed by atoms with Gasteiger partial charge in [0, 0.05) is 11.1 Å². The summed E-state index contributed by atoms with van der Waals surface area (Å²) in [5.74, 6) is -0.539. The highest BCUT2D eigenvalue weighted by atomic mass is 79.9. The lowest BCUT2D eigenvalue weighted by molar-refractivity contribution is -0.116. The molecule has 6 nitrogen and oxygen atoms in total. The summed E-state index contributed by atoms with van der Waals surface area (Å²) in [6.45, 7) is 4.31. The number of nitrogens with zero attached hydrogens (tertiary/aromatic N) is 2. The summed E-state index contributed by atoms with van der Waals surface area (Å²) in [7, 11) is 0. The van der Waals surface area contributed by atoms with E-state index in [1.807, 2.05) is 13.8 Å². The van der Waals surface area contributed by atoms with Gasteiger partial charge in [-0.3, -0.25) is 9.48 Å². The van der Waals surface area contributed by atoms with E-state index < -0.39 is 0 Å². The van der Waals surface area contributed by atoms with Gasteiger partial charge in [-0.1, -0.05) is 6.92 Å². The molecule has 0 fully saturated rings. The fraction of sp³-hybridized carbons (Fsp3) is 0.500. The number of amides is 1. The van der Waals surface area contributed by atoms with Crippen molar-refractivity contribution >= 4 is 44.1 Å². The maximum absolute atomic E-state index is 12.6. The minimum absolute atomic E-state index is 0.0957. The van der Waals surface area contributed by atoms with Crippen LogP contribution < -0.4 is 5.32 Å². The van der Waals surface area contributed by atoms with Crippen LogP contribution in [0.15, 0.2) is 10.7 Å². The molecule has 0 aromatic carbocycles. The van der Waals surface area contributed by atoms with Crippen LogP contribution >= 0.6 is 27.3 Å². The molecule has 0 bridgehead atoms. The van der Waals surface area contributed by atoms with Crippen molar-refractivity contribution in [1.82, 2.24) is 9.78 Å². The van der Waals surface area contributed by atoms with E-state index in [9.17, 15) is 9.59 Å². The molecular weight excluding hydrogens is 418 g/mol. The molecule has 2 aromatic heterocycles. The van der Waals surface area contributed by atoms with Crippen molar-refractivity contribution in [3.05, 3.63) is 32.4 Å². The zero-order valence-corrected chi connectivity index (χ0v) is 17.3. The Morgan fingerprint density at radius 3 is 2.85 bits per heavy atom. The van der Waals surface area contributed by atoms with Crippen LogP contribution in [0.25, 0.3) is 0 Å². The first kappa shape index (κ1) is 19.1. The Hall–Kier alpha value is -1.67. The minimum Gasteiger partial charge on any atom is -0.462 e. The maximum Gasteiger partial charge on any atom is 0.341 e. The quantitative estimate of drug-likeness (QED) is 0.687. The second-order valence-electron chi connectivity index (χ2n) is 6.36. The lowest BCUT2D eigenvalue weighted by Gasteiger charge is -2.12. The zero-order chi connectivity index (χ0) is 18.7. The Bertz CT molecular complexity index is 809. The summed E-state index contributed by atoms with van der Waals surface area (Å²) < 4.78 is 7.80. The highest BCUT2D eigenvalue weighted by Gasteiger charge is 2.27. The van der Waals surface area contributed by atoms with E-state index in [1.165, 1.54) is 16.2 Å². The van der Waals surface area contributed by atoms with E-state index in [-0.39, 0.29) is 18.4 Å². The summed E-state index contributed by atoms with van der Waals surface area (Å²) in [5, 5.41) is 7.78. The summed E-state index contributed by atoms with van der Waals surface area (Å²) in [5.41, 5.74) is 2.42. The monoisotopic (exact) mass is 439 g/mol. The zero-order valence-electron chi connectivity index (χ0n) is 14.9. The number of hydrogen-bond acceptors (Lipinski definition) is 5. The molecule has 1 aliphatic rings. The Morgan fingerprint density at radius 1 is 1.38 bits per heavy atom. The van der Waals surface area contributed by atoms with E-state index in [2.05, 4.69) is 26.3 Å². The van der Waals surface area contributed by atoms with E-state index >= 15 is 0 Å². The first-order chi connectivity index (χ1) is 12.5. The number of carbonyl (C=O) groups excluding carboxylic acids is 2. The predicted molar refractivity (Wildman–Crippen MR) is 105 cm³/mol. The molecule has 2 aromatic rings. The first-order valence-electron chi connectivity index (χ1n) is 8.80. The van der Waals surface area contributed by atoms with E-state index in [0.717, 1.165) is 47.8 Å². The number of hydrogen-bond donors (Lipinski definition) is 1. The van der Waals surface area contributed by atoms with Gasteiger partial charge >= 0.3 is 5.97 Å². The van der Waals surface area contributed by atoms with Crippen LogP contribution in [0.1, 0.15) is 52.7 Å². The van der Waals surface area contributed by atoms with Gasteiger partial charge in [0.05, 0.1) is 22.3 Å². The topological polar surface area (TPSA) is 73.2 Å². The molecule has 140 valence electrons. The van der Waals surface area contributed by atoms with Gasteiger partial charge in [0.2, 0.25) is 5.91 Å². The van der Waals surface area contributed by atoms with Crippen molar-refractivity contribution in [1.29, 1.82) is 0 Å². The van der Waals surface area contributed by atoms with E-state index in [0.29, 0.717) is 17.2 Å². The third-order valence-electron chi connectivity index (χ3n) is 4.26. The molecule has 26 heavy (non-hydrogen) atoms. The number of halogens is 1. The van der Waals surface area contributed by atoms with Gasteiger partial charge in [-0.2, -0.15) is 5.10 Å². The Kier molecular flexibility index (Phi) is 6.13. The van der Waals surface area contributed by atoms with Crippen LogP contribution in [0.4, 0.5) is 5.00 Å². The second kappa shape index (κ2) is 8.35. The number of nitrogens with one attached hydrogen (secondary N) is 1. The van der Waals surface area contributed by atoms with Crippen LogP contribution in [0.5, 0.6) is 0 Å². The number of carbonyl (C=O) groups is 2. The van der Waals surface area contributed by atoms with Crippen molar-refractivity contribution in [2.75, 3.05) is 11.9 Å². The van der Waals surface area contributed by atoms with Crippen LogP contribution in [-0.2, 0) is 28.9 Å². The third-order valence-corrected chi connectivity index (χ3v) is 6.24. The molecule has 1 amide bonds. The normalized spacial score (nSPS) is 13.3. The number of aromatic nitrogens is 2. The van der Waals surface area contributed by atoms with E-state index in [4.69, 9.17) is 4.74 Å². The maximum atomic E-state index is 12.6. The SMILES string of the molecule is CCCOC(=O)c1c(NC(=O)Cn2cc(Br)c(C)n2)sc2c1CCCC2. The molecule has 1 N–H and O–H groups in total. The Labute approximate surface area is 165 Å². The first-order valence-corrected chi connectivity index (χ1v) is 10.4. The highest BCUT2D eigenvalue weighted by Crippen LogP contribution is 2.38. The summed E-state index contributed by atoms with van der Waals surface area (Å²) in [4.78, 5) is 26.2. The van der Waals surface area contributed by atoms with Gasteiger partial charge in [-0.15, -0.1) is 11.3 Å². The van der Waals surface area contributed by atoms with Crippen molar-refractivity contribution in [3.8, 4) is 0 Å². The molecule has 0 saturated carbocycles. The number of ether oxygens (including phenoxy) is 1. The molecular formula is C18H22BrN3O3S. The van der Waals surface area contributed by atoms with Crippen molar-refractivity contribution in [2.24, 2.45) is 0 Å². The van der Waals surface area contributed by atoms with Crippen LogP contribution in [-0.4, -0.2) is 28.3 Å². The van der Waals surface area contributed by atoms with Gasteiger partial charge in [0.1, 0.15) is 11.5 Å². The number of thiophene rings is 1. The van der Waals surface area contributed by atoms with Crippen molar-refractivity contribution in [2.45, 2.75) is 52.5 Å². The molecule has 1 aliphatic carbocycles. The summed E-state index contributed by atoms with van der Waals surface area (Å²) in [6, 6.07) is 0. The van der Waals surface area contributed by atoms with Gasteiger partial charge in [0.25, 0.3) is 0 Å². The van der Waals surface area contributed by atoms with Gasteiger partial charge in [-0.25, -0.2) is 4.79 Å². The van der Waals surface area contributed by atoms with Crippen LogP contribution in [0.3, 0.4) is 0 Å². The van der Waals surface area contributed by atoms with Gasteiger partial charge < -0.3 is 10.1 Å². The minimum atomic E-state index is -0.334. The third kappa shape index (κ3) is 4.17. The fourth-order valence-electron chi connectivity index (χ4n) is 3.02. The lowest BCUT2D eigenvalue weighted by Crippen LogP contribution is -2.20. The molecule has 0 spiro atoms. The molecule has 0 aliphatic heterocycles. The standard InChI is InChI=1S/C18H22BrN3O3S/c1-3-8-25-18(24)16-12-6-4-5-7-14(12)26-17(16)20-15(23)10-22-9-13(19)11(2)21-22/h9H,3-8,10H2,1-2H3,(H,20,23). The smallest absolute Gasteiger partial charge is 0.341 e. The van der Waals surface area contributed by atoms with E-state index in [1.54, 1.807) is 10.9 Å². The molecule has 3 rings (SSSR count). The number of esters is 1. The van der Waals surface area contributed by atoms with Crippen LogP contribution in [0, 0.1) is 6.92 Å². The van der Waals surface area contributed by atoms with Gasteiger partial charge in [-0.05, 0) is 60.5 Å². The average molecular weight is 440 g/mol. The molecule has 0 saturated heterocycles. The molecule has 0 atom stereocenters. The number of anilines is 1. The molecule has 2 heterocycles. The largest absolute Gasteiger partial charge is 0.462 e. The molecule has 0 radical (unpaired) electrons. The highest BCUT2D eigenvalue weighted by molar-refractivity contribution is 9.10.